The van der Waals surface area contributed by atoms with Crippen LogP contribution in [0.15, 0.2) is 28.7 Å². The molecule has 1 fully saturated rings. The van der Waals surface area contributed by atoms with E-state index in [0.717, 1.165) is 24.1 Å². The second kappa shape index (κ2) is 4.22. The normalized spacial score (nSPS) is 23.0. The Bertz CT molecular complexity index is 265. The zero-order valence-corrected chi connectivity index (χ0v) is 8.97. The van der Waals surface area contributed by atoms with E-state index >= 15 is 0 Å². The van der Waals surface area contributed by atoms with Crippen LogP contribution in [0.3, 0.4) is 0 Å². The van der Waals surface area contributed by atoms with Crippen LogP contribution in [0.1, 0.15) is 11.6 Å². The van der Waals surface area contributed by atoms with Gasteiger partial charge in [0.15, 0.2) is 0 Å². The van der Waals surface area contributed by atoms with E-state index in [4.69, 9.17) is 0 Å². The summed E-state index contributed by atoms with van der Waals surface area (Å²) in [4.78, 5) is 0. The second-order valence-corrected chi connectivity index (χ2v) is 4.18. The van der Waals surface area contributed by atoms with Crippen molar-refractivity contribution >= 4 is 15.9 Å². The SMILES string of the molecule is Brc1ccc([C@H]2CNCCN2)cc1. The Kier molecular flexibility index (Phi) is 2.98. The minimum atomic E-state index is 0.474. The first-order valence-electron chi connectivity index (χ1n) is 4.56. The molecule has 2 N–H and O–H groups in total. The summed E-state index contributed by atoms with van der Waals surface area (Å²) in [6.45, 7) is 3.16. The van der Waals surface area contributed by atoms with Gasteiger partial charge in [0, 0.05) is 30.1 Å². The van der Waals surface area contributed by atoms with Gasteiger partial charge in [-0.25, -0.2) is 0 Å². The lowest BCUT2D eigenvalue weighted by Gasteiger charge is -2.24. The molecule has 1 saturated heterocycles. The fourth-order valence-corrected chi connectivity index (χ4v) is 1.85. The van der Waals surface area contributed by atoms with Crippen molar-refractivity contribution < 1.29 is 0 Å². The van der Waals surface area contributed by atoms with Crippen LogP contribution < -0.4 is 10.6 Å². The Labute approximate surface area is 86.9 Å². The van der Waals surface area contributed by atoms with Crippen LogP contribution in [-0.2, 0) is 0 Å². The standard InChI is InChI=1S/C10H13BrN2/c11-9-3-1-8(2-4-9)10-7-12-5-6-13-10/h1-4,10,12-13H,5-7H2/t10-/m1/s1. The fraction of sp³-hybridized carbons (Fsp3) is 0.400. The van der Waals surface area contributed by atoms with E-state index in [-0.39, 0.29) is 0 Å². The van der Waals surface area contributed by atoms with Crippen LogP contribution >= 0.6 is 15.9 Å². The van der Waals surface area contributed by atoms with Gasteiger partial charge in [-0.2, -0.15) is 0 Å². The summed E-state index contributed by atoms with van der Waals surface area (Å²) in [6, 6.07) is 8.97. The summed E-state index contributed by atoms with van der Waals surface area (Å²) in [5.74, 6) is 0. The Morgan fingerprint density at radius 1 is 1.15 bits per heavy atom. The van der Waals surface area contributed by atoms with Crippen molar-refractivity contribution in [3.8, 4) is 0 Å². The van der Waals surface area contributed by atoms with Crippen LogP contribution in [0, 0.1) is 0 Å². The van der Waals surface area contributed by atoms with Gasteiger partial charge in [0.25, 0.3) is 0 Å². The highest BCUT2D eigenvalue weighted by Crippen LogP contribution is 2.17. The minimum absolute atomic E-state index is 0.474. The number of benzene rings is 1. The Morgan fingerprint density at radius 2 is 1.92 bits per heavy atom. The summed E-state index contributed by atoms with van der Waals surface area (Å²) in [5.41, 5.74) is 1.36. The molecule has 0 unspecified atom stereocenters. The van der Waals surface area contributed by atoms with E-state index in [1.54, 1.807) is 0 Å². The molecule has 70 valence electrons. The number of halogens is 1. The predicted octanol–water partition coefficient (Wildman–Crippen LogP) is 1.68. The third-order valence-electron chi connectivity index (χ3n) is 2.31. The van der Waals surface area contributed by atoms with Crippen LogP contribution in [0.2, 0.25) is 0 Å². The van der Waals surface area contributed by atoms with Crippen LogP contribution in [0.25, 0.3) is 0 Å². The molecule has 2 nitrogen and oxygen atoms in total. The predicted molar refractivity (Wildman–Crippen MR) is 57.8 cm³/mol. The number of piperazine rings is 1. The second-order valence-electron chi connectivity index (χ2n) is 3.26. The lowest BCUT2D eigenvalue weighted by atomic mass is 10.1. The first-order chi connectivity index (χ1) is 6.36. The maximum atomic E-state index is 3.48. The first-order valence-corrected chi connectivity index (χ1v) is 5.35. The van der Waals surface area contributed by atoms with Crippen molar-refractivity contribution in [2.24, 2.45) is 0 Å². The molecule has 1 aromatic rings. The van der Waals surface area contributed by atoms with Gasteiger partial charge >= 0.3 is 0 Å². The molecule has 3 heteroatoms. The molecule has 0 amide bonds. The lowest BCUT2D eigenvalue weighted by Crippen LogP contribution is -2.42. The first kappa shape index (κ1) is 9.19. The monoisotopic (exact) mass is 240 g/mol. The van der Waals surface area contributed by atoms with E-state index in [1.165, 1.54) is 5.56 Å². The minimum Gasteiger partial charge on any atom is -0.314 e. The Morgan fingerprint density at radius 3 is 2.54 bits per heavy atom. The zero-order valence-electron chi connectivity index (χ0n) is 7.39. The molecule has 0 aromatic heterocycles. The maximum absolute atomic E-state index is 3.48. The number of hydrogen-bond acceptors (Lipinski definition) is 2. The Balaban J connectivity index is 2.10. The summed E-state index contributed by atoms with van der Waals surface area (Å²) < 4.78 is 1.14. The molecule has 1 aromatic carbocycles. The van der Waals surface area contributed by atoms with Crippen molar-refractivity contribution in [3.63, 3.8) is 0 Å². The fourth-order valence-electron chi connectivity index (χ4n) is 1.58. The molecular weight excluding hydrogens is 228 g/mol. The maximum Gasteiger partial charge on any atom is 0.0447 e. The van der Waals surface area contributed by atoms with Crippen LogP contribution in [0.4, 0.5) is 0 Å². The number of rotatable bonds is 1. The van der Waals surface area contributed by atoms with E-state index in [0.29, 0.717) is 6.04 Å². The van der Waals surface area contributed by atoms with Gasteiger partial charge < -0.3 is 10.6 Å². The summed E-state index contributed by atoms with van der Waals surface area (Å²) in [7, 11) is 0. The van der Waals surface area contributed by atoms with E-state index in [2.05, 4.69) is 50.8 Å². The Hall–Kier alpha value is -0.380. The number of nitrogens with one attached hydrogen (secondary N) is 2. The molecule has 0 radical (unpaired) electrons. The molecule has 1 aliphatic rings. The zero-order chi connectivity index (χ0) is 9.10. The van der Waals surface area contributed by atoms with Gasteiger partial charge in [0.1, 0.15) is 0 Å². The van der Waals surface area contributed by atoms with Crippen molar-refractivity contribution in [1.29, 1.82) is 0 Å². The van der Waals surface area contributed by atoms with Gasteiger partial charge in [-0.05, 0) is 17.7 Å². The average molecular weight is 241 g/mol. The molecule has 1 atom stereocenters. The van der Waals surface area contributed by atoms with Crippen LogP contribution in [0.5, 0.6) is 0 Å². The van der Waals surface area contributed by atoms with Gasteiger partial charge in [-0.15, -0.1) is 0 Å². The molecule has 2 rings (SSSR count). The summed E-state index contributed by atoms with van der Waals surface area (Å²) in [5, 5.41) is 6.85. The van der Waals surface area contributed by atoms with Crippen molar-refractivity contribution in [2.45, 2.75) is 6.04 Å². The molecule has 1 aliphatic heterocycles. The highest BCUT2D eigenvalue weighted by atomic mass is 79.9. The third kappa shape index (κ3) is 2.30. The van der Waals surface area contributed by atoms with Gasteiger partial charge in [-0.1, -0.05) is 28.1 Å². The third-order valence-corrected chi connectivity index (χ3v) is 2.84. The van der Waals surface area contributed by atoms with Gasteiger partial charge in [0.2, 0.25) is 0 Å². The van der Waals surface area contributed by atoms with Gasteiger partial charge in [-0.3, -0.25) is 0 Å². The topological polar surface area (TPSA) is 24.1 Å². The molecule has 0 saturated carbocycles. The summed E-state index contributed by atoms with van der Waals surface area (Å²) in [6.07, 6.45) is 0. The van der Waals surface area contributed by atoms with Gasteiger partial charge in [0.05, 0.1) is 0 Å². The van der Waals surface area contributed by atoms with E-state index in [9.17, 15) is 0 Å². The largest absolute Gasteiger partial charge is 0.314 e. The molecular formula is C10H13BrN2. The smallest absolute Gasteiger partial charge is 0.0447 e. The molecule has 0 bridgehead atoms. The lowest BCUT2D eigenvalue weighted by molar-refractivity contribution is 0.430. The van der Waals surface area contributed by atoms with Crippen molar-refractivity contribution in [3.05, 3.63) is 34.3 Å². The van der Waals surface area contributed by atoms with Crippen molar-refractivity contribution in [1.82, 2.24) is 10.6 Å². The quantitative estimate of drug-likeness (QED) is 0.781. The molecule has 1 heterocycles. The highest BCUT2D eigenvalue weighted by Gasteiger charge is 2.13. The molecule has 13 heavy (non-hydrogen) atoms. The van der Waals surface area contributed by atoms with Crippen molar-refractivity contribution in [2.75, 3.05) is 19.6 Å². The molecule has 0 aliphatic carbocycles. The van der Waals surface area contributed by atoms with E-state index < -0.39 is 0 Å². The molecule has 0 spiro atoms. The average Bonchev–Trinajstić information content (AvgIpc) is 2.20. The van der Waals surface area contributed by atoms with Crippen LogP contribution in [-0.4, -0.2) is 19.6 Å². The summed E-state index contributed by atoms with van der Waals surface area (Å²) >= 11 is 3.43. The highest BCUT2D eigenvalue weighted by molar-refractivity contribution is 9.10. The number of hydrogen-bond donors (Lipinski definition) is 2. The van der Waals surface area contributed by atoms with E-state index in [1.807, 2.05) is 0 Å².